The van der Waals surface area contributed by atoms with Crippen molar-refractivity contribution in [3.63, 3.8) is 0 Å². The van der Waals surface area contributed by atoms with Gasteiger partial charge >= 0.3 is 0 Å². The van der Waals surface area contributed by atoms with Crippen LogP contribution in [0.5, 0.6) is 5.75 Å². The lowest BCUT2D eigenvalue weighted by Gasteiger charge is -2.36. The zero-order valence-electron chi connectivity index (χ0n) is 26.1. The average molecular weight is 619 g/mol. The minimum Gasteiger partial charge on any atom is -0.491 e. The van der Waals surface area contributed by atoms with Crippen LogP contribution >= 0.6 is 0 Å². The maximum absolute atomic E-state index is 13.7. The molecule has 1 aromatic rings. The van der Waals surface area contributed by atoms with Gasteiger partial charge in [-0.3, -0.25) is 28.9 Å². The predicted octanol–water partition coefficient (Wildman–Crippen LogP) is -1.13. The van der Waals surface area contributed by atoms with E-state index >= 15 is 0 Å². The summed E-state index contributed by atoms with van der Waals surface area (Å²) in [6, 6.07) is 2.34. The molecule has 0 spiro atoms. The van der Waals surface area contributed by atoms with Crippen LogP contribution in [0.3, 0.4) is 0 Å². The van der Waals surface area contributed by atoms with Crippen molar-refractivity contribution in [3.05, 3.63) is 29.8 Å². The molecule has 5 N–H and O–H groups in total. The quantitative estimate of drug-likeness (QED) is 0.264. The number of para-hydroxylation sites is 1. The van der Waals surface area contributed by atoms with Gasteiger partial charge in [0, 0.05) is 39.8 Å². The Hall–Kier alpha value is -3.75. The van der Waals surface area contributed by atoms with Gasteiger partial charge in [0.15, 0.2) is 0 Å². The first kappa shape index (κ1) is 34.7. The maximum atomic E-state index is 13.7. The Morgan fingerprint density at radius 2 is 1.64 bits per heavy atom. The molecule has 244 valence electrons. The van der Waals surface area contributed by atoms with Crippen LogP contribution in [0.1, 0.15) is 44.5 Å². The van der Waals surface area contributed by atoms with Gasteiger partial charge < -0.3 is 40.7 Å². The summed E-state index contributed by atoms with van der Waals surface area (Å²) in [6.07, 6.45) is -1.81. The van der Waals surface area contributed by atoms with Crippen molar-refractivity contribution in [1.82, 2.24) is 31.1 Å². The van der Waals surface area contributed by atoms with Crippen molar-refractivity contribution in [2.75, 3.05) is 53.0 Å². The van der Waals surface area contributed by atoms with Crippen molar-refractivity contribution >= 4 is 29.5 Å². The number of rotatable bonds is 6. The molecule has 5 atom stereocenters. The topological polar surface area (TPSA) is 179 Å². The number of aliphatic hydroxyl groups is 1. The maximum Gasteiger partial charge on any atom is 0.255 e. The Kier molecular flexibility index (Phi) is 12.9. The standard InChI is InChI=1S/C30H46N6O8/c1-18(2)25-28(40)31-19(3)17-44-23-9-7-6-8-21(23)27(39)32-22(16-24(38)33-26(20(4)37)29(41)34-25)30(42)36-12-10-35(11-13-36)14-15-43-5/h6-9,18-20,22,25-26,37H,10-17H2,1-5H3,(H,31,40)(H,32,39)(H,33,38)(H,34,41)/t19-,20+,22-,25+,26-/m0/s1. The minimum atomic E-state index is -1.41. The highest BCUT2D eigenvalue weighted by atomic mass is 16.5. The third-order valence-electron chi connectivity index (χ3n) is 7.63. The van der Waals surface area contributed by atoms with Gasteiger partial charge in [-0.25, -0.2) is 0 Å². The molecule has 0 saturated carbocycles. The SMILES string of the molecule is COCCN1CCN(C(=O)[C@@H]2CC(=O)N[C@@H]([C@@H](C)O)C(=O)N[C@H](C(C)C)C(=O)N[C@@H](C)COc3ccccc3C(=O)N2)CC1. The predicted molar refractivity (Wildman–Crippen MR) is 161 cm³/mol. The molecule has 44 heavy (non-hydrogen) atoms. The first-order valence-electron chi connectivity index (χ1n) is 15.0. The number of carbonyl (C=O) groups excluding carboxylic acids is 5. The highest BCUT2D eigenvalue weighted by molar-refractivity contribution is 6.01. The molecule has 14 heteroatoms. The Balaban J connectivity index is 1.92. The summed E-state index contributed by atoms with van der Waals surface area (Å²) in [5, 5.41) is 21.0. The summed E-state index contributed by atoms with van der Waals surface area (Å²) >= 11 is 0. The lowest BCUT2D eigenvalue weighted by atomic mass is 10.0. The number of ether oxygens (including phenoxy) is 2. The van der Waals surface area contributed by atoms with Crippen molar-refractivity contribution in [2.45, 2.75) is 64.4 Å². The normalized spacial score (nSPS) is 25.5. The number of aliphatic hydroxyl groups excluding tert-OH is 1. The number of hydrogen-bond donors (Lipinski definition) is 5. The van der Waals surface area contributed by atoms with Crippen LogP contribution in [0.25, 0.3) is 0 Å². The molecule has 0 radical (unpaired) electrons. The molecular weight excluding hydrogens is 572 g/mol. The second-order valence-electron chi connectivity index (χ2n) is 11.6. The van der Waals surface area contributed by atoms with E-state index in [0.29, 0.717) is 32.8 Å². The molecule has 2 heterocycles. The molecule has 0 bridgehead atoms. The van der Waals surface area contributed by atoms with E-state index in [1.807, 2.05) is 0 Å². The number of nitrogens with zero attached hydrogens (tertiary/aromatic N) is 2. The van der Waals surface area contributed by atoms with Crippen molar-refractivity contribution in [1.29, 1.82) is 0 Å². The average Bonchev–Trinajstić information content (AvgIpc) is 2.99. The number of nitrogens with one attached hydrogen (secondary N) is 4. The highest BCUT2D eigenvalue weighted by Crippen LogP contribution is 2.19. The lowest BCUT2D eigenvalue weighted by Crippen LogP contribution is -2.60. The molecule has 2 aliphatic heterocycles. The van der Waals surface area contributed by atoms with Crippen LogP contribution in [0, 0.1) is 5.92 Å². The van der Waals surface area contributed by atoms with Gasteiger partial charge in [0.1, 0.15) is 30.5 Å². The zero-order valence-corrected chi connectivity index (χ0v) is 26.1. The second-order valence-corrected chi connectivity index (χ2v) is 11.6. The summed E-state index contributed by atoms with van der Waals surface area (Å²) < 4.78 is 11.0. The summed E-state index contributed by atoms with van der Waals surface area (Å²) in [5.41, 5.74) is 0.150. The van der Waals surface area contributed by atoms with E-state index < -0.39 is 66.2 Å². The van der Waals surface area contributed by atoms with Gasteiger partial charge in [0.25, 0.3) is 5.91 Å². The Morgan fingerprint density at radius 1 is 0.977 bits per heavy atom. The van der Waals surface area contributed by atoms with E-state index in [1.54, 1.807) is 57.0 Å². The van der Waals surface area contributed by atoms with Crippen LogP contribution in [-0.4, -0.2) is 128 Å². The molecule has 3 rings (SSSR count). The van der Waals surface area contributed by atoms with Crippen molar-refractivity contribution in [2.24, 2.45) is 5.92 Å². The fourth-order valence-electron chi connectivity index (χ4n) is 5.04. The van der Waals surface area contributed by atoms with Crippen molar-refractivity contribution < 1.29 is 38.6 Å². The van der Waals surface area contributed by atoms with Crippen LogP contribution in [0.4, 0.5) is 0 Å². The minimum absolute atomic E-state index is 0.0147. The smallest absolute Gasteiger partial charge is 0.255 e. The van der Waals surface area contributed by atoms with Gasteiger partial charge in [-0.2, -0.15) is 0 Å². The molecule has 2 aliphatic rings. The first-order valence-corrected chi connectivity index (χ1v) is 15.0. The molecular formula is C30H46N6O8. The van der Waals surface area contributed by atoms with E-state index in [1.165, 1.54) is 6.92 Å². The van der Waals surface area contributed by atoms with Crippen LogP contribution < -0.4 is 26.0 Å². The van der Waals surface area contributed by atoms with Crippen LogP contribution in [0.15, 0.2) is 24.3 Å². The second kappa shape index (κ2) is 16.4. The number of carbonyl (C=O) groups is 5. The van der Waals surface area contributed by atoms with E-state index in [2.05, 4.69) is 26.2 Å². The van der Waals surface area contributed by atoms with Gasteiger partial charge in [-0.1, -0.05) is 26.0 Å². The fourth-order valence-corrected chi connectivity index (χ4v) is 5.04. The molecule has 0 unspecified atom stereocenters. The first-order chi connectivity index (χ1) is 20.9. The van der Waals surface area contributed by atoms with Crippen molar-refractivity contribution in [3.8, 4) is 5.75 Å². The van der Waals surface area contributed by atoms with Crippen LogP contribution in [0.2, 0.25) is 0 Å². The molecule has 5 amide bonds. The number of hydrogen-bond acceptors (Lipinski definition) is 9. The van der Waals surface area contributed by atoms with Crippen LogP contribution in [-0.2, 0) is 23.9 Å². The number of benzene rings is 1. The summed E-state index contributed by atoms with van der Waals surface area (Å²) in [7, 11) is 1.63. The van der Waals surface area contributed by atoms with Gasteiger partial charge in [-0.15, -0.1) is 0 Å². The highest BCUT2D eigenvalue weighted by Gasteiger charge is 2.35. The Morgan fingerprint density at radius 3 is 2.27 bits per heavy atom. The Bertz CT molecular complexity index is 1170. The molecule has 1 aromatic carbocycles. The molecule has 14 nitrogen and oxygen atoms in total. The Labute approximate surface area is 258 Å². The number of amides is 5. The van der Waals surface area contributed by atoms with E-state index in [-0.39, 0.29) is 23.8 Å². The third-order valence-corrected chi connectivity index (χ3v) is 7.63. The molecule has 1 fully saturated rings. The number of piperazine rings is 1. The lowest BCUT2D eigenvalue weighted by molar-refractivity contribution is -0.138. The largest absolute Gasteiger partial charge is 0.491 e. The van der Waals surface area contributed by atoms with E-state index in [9.17, 15) is 29.1 Å². The number of fused-ring (bicyclic) bond motifs is 1. The monoisotopic (exact) mass is 618 g/mol. The molecule has 0 aromatic heterocycles. The van der Waals surface area contributed by atoms with Gasteiger partial charge in [0.05, 0.1) is 30.7 Å². The zero-order chi connectivity index (χ0) is 32.4. The molecule has 0 aliphatic carbocycles. The summed E-state index contributed by atoms with van der Waals surface area (Å²) in [5.74, 6) is -3.13. The summed E-state index contributed by atoms with van der Waals surface area (Å²) in [6.45, 7) is 9.85. The fraction of sp³-hybridized carbons (Fsp3) is 0.633. The van der Waals surface area contributed by atoms with Gasteiger partial charge in [-0.05, 0) is 31.9 Å². The van der Waals surface area contributed by atoms with Gasteiger partial charge in [0.2, 0.25) is 23.6 Å². The van der Waals surface area contributed by atoms with E-state index in [4.69, 9.17) is 9.47 Å². The van der Waals surface area contributed by atoms with E-state index in [0.717, 1.165) is 6.54 Å². The molecule has 1 saturated heterocycles. The third kappa shape index (κ3) is 9.63. The summed E-state index contributed by atoms with van der Waals surface area (Å²) in [4.78, 5) is 70.6. The number of methoxy groups -OCH3 is 1.